The predicted molar refractivity (Wildman–Crippen MR) is 73.2 cm³/mol. The van der Waals surface area contributed by atoms with E-state index in [1.807, 2.05) is 48.5 Å². The molecule has 1 aliphatic rings. The normalized spacial score (nSPS) is 18.8. The third-order valence-electron chi connectivity index (χ3n) is 3.21. The van der Waals surface area contributed by atoms with E-state index in [1.54, 1.807) is 6.20 Å². The summed E-state index contributed by atoms with van der Waals surface area (Å²) >= 11 is 0. The summed E-state index contributed by atoms with van der Waals surface area (Å²) in [4.78, 5) is 26.9. The Bertz CT molecular complexity index is 496. The largest absolute Gasteiger partial charge is 0.367 e. The van der Waals surface area contributed by atoms with E-state index in [9.17, 15) is 9.59 Å². The fourth-order valence-electron chi connectivity index (χ4n) is 2.17. The van der Waals surface area contributed by atoms with Crippen LogP contribution in [0.3, 0.4) is 0 Å². The van der Waals surface area contributed by atoms with Crippen molar-refractivity contribution >= 4 is 11.7 Å². The molecule has 4 nitrogen and oxygen atoms in total. The summed E-state index contributed by atoms with van der Waals surface area (Å²) < 4.78 is 0. The molecule has 1 unspecified atom stereocenters. The Balaban J connectivity index is 2.13. The summed E-state index contributed by atoms with van der Waals surface area (Å²) in [5.41, 5.74) is 1.12. The van der Waals surface area contributed by atoms with Crippen LogP contribution in [0.4, 0.5) is 0 Å². The van der Waals surface area contributed by atoms with Gasteiger partial charge in [0.2, 0.25) is 5.91 Å². The van der Waals surface area contributed by atoms with Crippen molar-refractivity contribution in [1.82, 2.24) is 9.80 Å². The fraction of sp³-hybridized carbons (Fsp3) is 0.333. The molecule has 1 aromatic carbocycles. The average molecular weight is 258 g/mol. The zero-order valence-corrected chi connectivity index (χ0v) is 11.2. The average Bonchev–Trinajstić information content (AvgIpc) is 2.39. The third-order valence-corrected chi connectivity index (χ3v) is 3.21. The Kier molecular flexibility index (Phi) is 4.00. The van der Waals surface area contributed by atoms with Gasteiger partial charge in [-0.15, -0.1) is 0 Å². The number of nitrogens with zero attached hydrogens (tertiary/aromatic N) is 2. The molecule has 0 radical (unpaired) electrons. The number of hydrogen-bond acceptors (Lipinski definition) is 3. The second-order valence-electron chi connectivity index (χ2n) is 4.84. The van der Waals surface area contributed by atoms with Crippen LogP contribution in [0.2, 0.25) is 0 Å². The molecule has 0 aliphatic carbocycles. The molecule has 100 valence electrons. The maximum Gasteiger partial charge on any atom is 0.249 e. The number of carbonyl (C=O) groups excluding carboxylic acids is 2. The molecular formula is C15H18N2O2. The van der Waals surface area contributed by atoms with Gasteiger partial charge in [0.1, 0.15) is 11.8 Å². The highest BCUT2D eigenvalue weighted by Gasteiger charge is 2.29. The number of Topliss-reactive ketones (excluding diaryl/α,β-unsaturated/α-hetero) is 1. The lowest BCUT2D eigenvalue weighted by molar-refractivity contribution is -0.137. The smallest absolute Gasteiger partial charge is 0.249 e. The van der Waals surface area contributed by atoms with Gasteiger partial charge < -0.3 is 9.80 Å². The minimum atomic E-state index is -0.244. The maximum atomic E-state index is 12.4. The van der Waals surface area contributed by atoms with Crippen LogP contribution >= 0.6 is 0 Å². The van der Waals surface area contributed by atoms with Crippen molar-refractivity contribution in [1.29, 1.82) is 0 Å². The van der Waals surface area contributed by atoms with Gasteiger partial charge in [0, 0.05) is 25.9 Å². The van der Waals surface area contributed by atoms with Gasteiger partial charge in [-0.1, -0.05) is 30.3 Å². The number of likely N-dealkylation sites (N-methyl/N-ethyl adjacent to an activating group) is 1. The van der Waals surface area contributed by atoms with Crippen LogP contribution in [0.25, 0.3) is 0 Å². The molecular weight excluding hydrogens is 240 g/mol. The molecule has 19 heavy (non-hydrogen) atoms. The van der Waals surface area contributed by atoms with Gasteiger partial charge >= 0.3 is 0 Å². The Morgan fingerprint density at radius 2 is 1.89 bits per heavy atom. The molecule has 0 bridgehead atoms. The molecule has 1 aromatic rings. The van der Waals surface area contributed by atoms with Crippen molar-refractivity contribution in [2.24, 2.45) is 0 Å². The number of carbonyl (C=O) groups is 2. The van der Waals surface area contributed by atoms with Crippen LogP contribution in [0, 0.1) is 0 Å². The molecule has 0 saturated heterocycles. The Morgan fingerprint density at radius 3 is 2.53 bits per heavy atom. The highest BCUT2D eigenvalue weighted by Crippen LogP contribution is 2.15. The predicted octanol–water partition coefficient (Wildman–Crippen LogP) is 1.43. The van der Waals surface area contributed by atoms with Crippen molar-refractivity contribution in [2.45, 2.75) is 19.4 Å². The molecule has 4 heteroatoms. The lowest BCUT2D eigenvalue weighted by atomic mass is 10.0. The summed E-state index contributed by atoms with van der Waals surface area (Å²) in [6.45, 7) is 1.64. The zero-order valence-electron chi connectivity index (χ0n) is 11.2. The summed E-state index contributed by atoms with van der Waals surface area (Å²) in [5, 5.41) is 0. The van der Waals surface area contributed by atoms with Crippen molar-refractivity contribution in [3.63, 3.8) is 0 Å². The first kappa shape index (κ1) is 13.3. The highest BCUT2D eigenvalue weighted by molar-refractivity contribution is 5.89. The van der Waals surface area contributed by atoms with E-state index in [0.717, 1.165) is 5.56 Å². The molecule has 0 saturated carbocycles. The van der Waals surface area contributed by atoms with Crippen LogP contribution in [-0.2, 0) is 16.0 Å². The number of rotatable bonds is 4. The standard InChI is InChI=1S/C15H18N2O2/c1-12(18)11-17-9-8-16(2)14(15(17)19)10-13-6-4-3-5-7-13/h3-9,14H,10-11H2,1-2H3. The second-order valence-corrected chi connectivity index (χ2v) is 4.84. The van der Waals surface area contributed by atoms with Crippen LogP contribution in [0.15, 0.2) is 42.7 Å². The third kappa shape index (κ3) is 3.22. The lowest BCUT2D eigenvalue weighted by Crippen LogP contribution is -2.49. The van der Waals surface area contributed by atoms with Gasteiger partial charge in [-0.3, -0.25) is 9.59 Å². The first-order chi connectivity index (χ1) is 9.08. The Labute approximate surface area is 113 Å². The number of ketones is 1. The molecule has 1 heterocycles. The van der Waals surface area contributed by atoms with E-state index in [2.05, 4.69) is 0 Å². The Morgan fingerprint density at radius 1 is 1.21 bits per heavy atom. The van der Waals surface area contributed by atoms with E-state index < -0.39 is 0 Å². The zero-order chi connectivity index (χ0) is 13.8. The Hall–Kier alpha value is -2.10. The van der Waals surface area contributed by atoms with Crippen LogP contribution < -0.4 is 0 Å². The molecule has 1 aliphatic heterocycles. The van der Waals surface area contributed by atoms with E-state index in [-0.39, 0.29) is 24.3 Å². The van der Waals surface area contributed by atoms with Gasteiger partial charge in [-0.05, 0) is 12.5 Å². The lowest BCUT2D eigenvalue weighted by Gasteiger charge is -2.34. The molecule has 2 rings (SSSR count). The van der Waals surface area contributed by atoms with Crippen LogP contribution in [0.1, 0.15) is 12.5 Å². The first-order valence-electron chi connectivity index (χ1n) is 6.32. The monoisotopic (exact) mass is 258 g/mol. The molecule has 0 fully saturated rings. The molecule has 0 spiro atoms. The van der Waals surface area contributed by atoms with Gasteiger partial charge in [0.25, 0.3) is 0 Å². The summed E-state index contributed by atoms with van der Waals surface area (Å²) in [6, 6.07) is 9.66. The second kappa shape index (κ2) is 5.69. The topological polar surface area (TPSA) is 40.6 Å². The maximum absolute atomic E-state index is 12.4. The molecule has 1 atom stereocenters. The minimum Gasteiger partial charge on any atom is -0.367 e. The minimum absolute atomic E-state index is 0.0129. The van der Waals surface area contributed by atoms with Gasteiger partial charge in [-0.2, -0.15) is 0 Å². The number of amides is 1. The van der Waals surface area contributed by atoms with Crippen molar-refractivity contribution in [3.05, 3.63) is 48.3 Å². The van der Waals surface area contributed by atoms with E-state index in [1.165, 1.54) is 11.8 Å². The first-order valence-corrected chi connectivity index (χ1v) is 6.32. The quantitative estimate of drug-likeness (QED) is 0.820. The van der Waals surface area contributed by atoms with Crippen LogP contribution in [-0.4, -0.2) is 41.1 Å². The van der Waals surface area contributed by atoms with Crippen molar-refractivity contribution < 1.29 is 9.59 Å². The van der Waals surface area contributed by atoms with Gasteiger partial charge in [0.15, 0.2) is 0 Å². The molecule has 0 N–H and O–H groups in total. The van der Waals surface area contributed by atoms with Crippen LogP contribution in [0.5, 0.6) is 0 Å². The van der Waals surface area contributed by atoms with Gasteiger partial charge in [-0.25, -0.2) is 0 Å². The number of hydrogen-bond donors (Lipinski definition) is 0. The SMILES string of the molecule is CC(=O)CN1C=CN(C)C(Cc2ccccc2)C1=O. The van der Waals surface area contributed by atoms with Gasteiger partial charge in [0.05, 0.1) is 6.54 Å². The highest BCUT2D eigenvalue weighted by atomic mass is 16.2. The van der Waals surface area contributed by atoms with E-state index >= 15 is 0 Å². The summed E-state index contributed by atoms with van der Waals surface area (Å²) in [5.74, 6) is -0.0370. The summed E-state index contributed by atoms with van der Waals surface area (Å²) in [7, 11) is 1.88. The van der Waals surface area contributed by atoms with Crippen molar-refractivity contribution in [3.8, 4) is 0 Å². The van der Waals surface area contributed by atoms with E-state index in [0.29, 0.717) is 6.42 Å². The number of benzene rings is 1. The summed E-state index contributed by atoms with van der Waals surface area (Å²) in [6.07, 6.45) is 4.16. The fourth-order valence-corrected chi connectivity index (χ4v) is 2.17. The molecule has 1 amide bonds. The van der Waals surface area contributed by atoms with Crippen molar-refractivity contribution in [2.75, 3.05) is 13.6 Å². The van der Waals surface area contributed by atoms with E-state index in [4.69, 9.17) is 0 Å². The molecule has 0 aromatic heterocycles.